The molecule has 0 radical (unpaired) electrons. The van der Waals surface area contributed by atoms with Gasteiger partial charge in [0.25, 0.3) is 0 Å². The van der Waals surface area contributed by atoms with Gasteiger partial charge in [0.2, 0.25) is 0 Å². The third-order valence-corrected chi connectivity index (χ3v) is 2.69. The van der Waals surface area contributed by atoms with Gasteiger partial charge < -0.3 is 15.8 Å². The highest BCUT2D eigenvalue weighted by molar-refractivity contribution is 5.70. The molecule has 2 aromatic rings. The molecular weight excluding hydrogens is 257 g/mol. The maximum Gasteiger partial charge on any atom is 0.144 e. The Hall–Kier alpha value is -2.74. The second kappa shape index (κ2) is 5.93. The number of hydrogen-bond donors (Lipinski definition) is 2. The van der Waals surface area contributed by atoms with Crippen LogP contribution < -0.4 is 15.8 Å². The molecule has 0 aliphatic carbocycles. The van der Waals surface area contributed by atoms with Gasteiger partial charge in [-0.25, -0.2) is 4.39 Å². The van der Waals surface area contributed by atoms with Crippen LogP contribution >= 0.6 is 0 Å². The highest BCUT2D eigenvalue weighted by Crippen LogP contribution is 2.28. The van der Waals surface area contributed by atoms with E-state index in [2.05, 4.69) is 5.32 Å². The molecule has 0 aromatic heterocycles. The molecule has 0 bridgehead atoms. The van der Waals surface area contributed by atoms with E-state index < -0.39 is 5.82 Å². The van der Waals surface area contributed by atoms with Crippen LogP contribution in [0.2, 0.25) is 0 Å². The average Bonchev–Trinajstić information content (AvgIpc) is 2.44. The first-order chi connectivity index (χ1) is 9.63. The Bertz CT molecular complexity index is 665. The van der Waals surface area contributed by atoms with Crippen LogP contribution in [-0.4, -0.2) is 6.61 Å². The van der Waals surface area contributed by atoms with Gasteiger partial charge in [0.1, 0.15) is 17.6 Å². The van der Waals surface area contributed by atoms with Crippen molar-refractivity contribution in [1.29, 1.82) is 5.26 Å². The molecule has 4 nitrogen and oxygen atoms in total. The van der Waals surface area contributed by atoms with Gasteiger partial charge in [0.15, 0.2) is 0 Å². The number of ether oxygens (including phenoxy) is 1. The van der Waals surface area contributed by atoms with Gasteiger partial charge >= 0.3 is 0 Å². The molecule has 0 heterocycles. The van der Waals surface area contributed by atoms with E-state index in [1.807, 2.05) is 13.0 Å². The zero-order chi connectivity index (χ0) is 14.5. The van der Waals surface area contributed by atoms with Gasteiger partial charge in [-0.1, -0.05) is 0 Å². The number of nitrogens with two attached hydrogens (primary N) is 1. The maximum absolute atomic E-state index is 13.1. The van der Waals surface area contributed by atoms with E-state index >= 15 is 0 Å². The molecule has 0 unspecified atom stereocenters. The number of hydrogen-bond acceptors (Lipinski definition) is 4. The largest absolute Gasteiger partial charge is 0.492 e. The lowest BCUT2D eigenvalue weighted by molar-refractivity contribution is 0.342. The van der Waals surface area contributed by atoms with Crippen LogP contribution in [0.25, 0.3) is 0 Å². The van der Waals surface area contributed by atoms with Crippen LogP contribution in [0.1, 0.15) is 12.5 Å². The second-order valence-corrected chi connectivity index (χ2v) is 4.11. The van der Waals surface area contributed by atoms with E-state index in [9.17, 15) is 4.39 Å². The summed E-state index contributed by atoms with van der Waals surface area (Å²) in [6, 6.07) is 11.2. The second-order valence-electron chi connectivity index (χ2n) is 4.11. The first-order valence-corrected chi connectivity index (χ1v) is 6.13. The van der Waals surface area contributed by atoms with Crippen LogP contribution in [-0.2, 0) is 0 Å². The fourth-order valence-corrected chi connectivity index (χ4v) is 1.77. The van der Waals surface area contributed by atoms with E-state index in [0.717, 1.165) is 0 Å². The number of nitriles is 1. The summed E-state index contributed by atoms with van der Waals surface area (Å²) >= 11 is 0. The highest BCUT2D eigenvalue weighted by Gasteiger charge is 2.06. The summed E-state index contributed by atoms with van der Waals surface area (Å²) in [4.78, 5) is 0. The highest BCUT2D eigenvalue weighted by atomic mass is 19.1. The van der Waals surface area contributed by atoms with Crippen molar-refractivity contribution in [2.45, 2.75) is 6.92 Å². The van der Waals surface area contributed by atoms with Gasteiger partial charge in [0, 0.05) is 11.8 Å². The summed E-state index contributed by atoms with van der Waals surface area (Å²) in [5, 5.41) is 12.1. The average molecular weight is 271 g/mol. The fourth-order valence-electron chi connectivity index (χ4n) is 1.77. The van der Waals surface area contributed by atoms with Crippen molar-refractivity contribution >= 4 is 17.1 Å². The Labute approximate surface area is 116 Å². The molecule has 3 N–H and O–H groups in total. The number of halogens is 1. The Kier molecular flexibility index (Phi) is 4.06. The number of nitrogen functional groups attached to an aromatic ring is 1. The summed E-state index contributed by atoms with van der Waals surface area (Å²) in [6.07, 6.45) is 0. The quantitative estimate of drug-likeness (QED) is 0.836. The number of nitrogens with zero attached hydrogens (tertiary/aromatic N) is 1. The maximum atomic E-state index is 13.1. The van der Waals surface area contributed by atoms with Gasteiger partial charge in [-0.15, -0.1) is 0 Å². The van der Waals surface area contributed by atoms with Crippen LogP contribution in [0.15, 0.2) is 36.4 Å². The zero-order valence-corrected chi connectivity index (χ0v) is 11.0. The molecule has 0 amide bonds. The van der Waals surface area contributed by atoms with E-state index in [1.165, 1.54) is 18.2 Å². The summed E-state index contributed by atoms with van der Waals surface area (Å²) in [7, 11) is 0. The van der Waals surface area contributed by atoms with Crippen LogP contribution in [0.4, 0.5) is 21.5 Å². The Morgan fingerprint density at radius 1 is 1.30 bits per heavy atom. The van der Waals surface area contributed by atoms with Crippen LogP contribution in [0, 0.1) is 17.1 Å². The van der Waals surface area contributed by atoms with Crippen molar-refractivity contribution in [3.8, 4) is 11.8 Å². The van der Waals surface area contributed by atoms with Crippen LogP contribution in [0.5, 0.6) is 5.75 Å². The first-order valence-electron chi connectivity index (χ1n) is 6.13. The first kappa shape index (κ1) is 13.7. The number of nitrogens with one attached hydrogen (secondary N) is 1. The van der Waals surface area contributed by atoms with Gasteiger partial charge in [-0.3, -0.25) is 0 Å². The molecule has 0 aliphatic heterocycles. The van der Waals surface area contributed by atoms with Crippen molar-refractivity contribution < 1.29 is 9.13 Å². The molecule has 0 saturated carbocycles. The molecule has 0 saturated heterocycles. The van der Waals surface area contributed by atoms with E-state index in [-0.39, 0.29) is 5.56 Å². The third kappa shape index (κ3) is 2.98. The van der Waals surface area contributed by atoms with Gasteiger partial charge in [-0.2, -0.15) is 5.26 Å². The normalized spacial score (nSPS) is 9.85. The minimum Gasteiger partial charge on any atom is -0.492 e. The molecule has 102 valence electrons. The number of benzene rings is 2. The molecule has 0 spiro atoms. The van der Waals surface area contributed by atoms with Crippen molar-refractivity contribution in [2.24, 2.45) is 0 Å². The predicted octanol–water partition coefficient (Wildman–Crippen LogP) is 3.42. The molecule has 0 atom stereocenters. The Balaban J connectivity index is 2.31. The standard InChI is InChI=1S/C15H14FN3O/c1-2-20-15-8-12(4-5-13(15)18)19-14-6-3-11(16)7-10(14)9-17/h3-8,19H,2,18H2,1H3. The lowest BCUT2D eigenvalue weighted by Gasteiger charge is -2.12. The Morgan fingerprint density at radius 3 is 2.80 bits per heavy atom. The molecule has 20 heavy (non-hydrogen) atoms. The summed E-state index contributed by atoms with van der Waals surface area (Å²) in [5.74, 6) is 0.123. The van der Waals surface area contributed by atoms with Crippen LogP contribution in [0.3, 0.4) is 0 Å². The monoisotopic (exact) mass is 271 g/mol. The van der Waals surface area contributed by atoms with E-state index in [4.69, 9.17) is 15.7 Å². The van der Waals surface area contributed by atoms with E-state index in [0.29, 0.717) is 29.4 Å². The molecule has 5 heteroatoms. The van der Waals surface area contributed by atoms with Crippen molar-refractivity contribution in [1.82, 2.24) is 0 Å². The SMILES string of the molecule is CCOc1cc(Nc2ccc(F)cc2C#N)ccc1N. The van der Waals surface area contributed by atoms with Crippen molar-refractivity contribution in [3.63, 3.8) is 0 Å². The smallest absolute Gasteiger partial charge is 0.144 e. The number of rotatable bonds is 4. The minimum atomic E-state index is -0.445. The molecule has 2 aromatic carbocycles. The van der Waals surface area contributed by atoms with Gasteiger partial charge in [0.05, 0.1) is 23.5 Å². The lowest BCUT2D eigenvalue weighted by atomic mass is 10.1. The Morgan fingerprint density at radius 2 is 2.10 bits per heavy atom. The fraction of sp³-hybridized carbons (Fsp3) is 0.133. The molecule has 0 fully saturated rings. The predicted molar refractivity (Wildman–Crippen MR) is 76.4 cm³/mol. The zero-order valence-electron chi connectivity index (χ0n) is 11.0. The molecule has 2 rings (SSSR count). The van der Waals surface area contributed by atoms with Gasteiger partial charge in [-0.05, 0) is 37.3 Å². The summed E-state index contributed by atoms with van der Waals surface area (Å²) < 4.78 is 18.5. The van der Waals surface area contributed by atoms with Crippen molar-refractivity contribution in [2.75, 3.05) is 17.7 Å². The van der Waals surface area contributed by atoms with Crippen molar-refractivity contribution in [3.05, 3.63) is 47.8 Å². The number of anilines is 3. The molecule has 0 aliphatic rings. The topological polar surface area (TPSA) is 71.1 Å². The summed E-state index contributed by atoms with van der Waals surface area (Å²) in [5.41, 5.74) is 7.81. The van der Waals surface area contributed by atoms with E-state index in [1.54, 1.807) is 18.2 Å². The summed E-state index contributed by atoms with van der Waals surface area (Å²) in [6.45, 7) is 2.38. The third-order valence-electron chi connectivity index (χ3n) is 2.69. The molecular formula is C15H14FN3O. The minimum absolute atomic E-state index is 0.236. The lowest BCUT2D eigenvalue weighted by Crippen LogP contribution is -1.99.